The molecule has 2 saturated heterocycles. The molecule has 2 N–H and O–H groups in total. The van der Waals surface area contributed by atoms with Gasteiger partial charge in [-0.05, 0) is 64.9 Å². The molecule has 6 nitrogen and oxygen atoms in total. The van der Waals surface area contributed by atoms with Gasteiger partial charge in [0.25, 0.3) is 0 Å². The first kappa shape index (κ1) is 21.2. The second-order valence-electron chi connectivity index (χ2n) is 8.52. The summed E-state index contributed by atoms with van der Waals surface area (Å²) in [6.45, 7) is 7.88. The van der Waals surface area contributed by atoms with E-state index in [2.05, 4.69) is 46.4 Å². The van der Waals surface area contributed by atoms with Crippen LogP contribution in [0.1, 0.15) is 30.4 Å². The van der Waals surface area contributed by atoms with E-state index in [-0.39, 0.29) is 12.0 Å². The van der Waals surface area contributed by atoms with E-state index in [0.29, 0.717) is 6.04 Å². The average molecular weight is 389 g/mol. The lowest BCUT2D eigenvalue weighted by Crippen LogP contribution is -2.63. The largest absolute Gasteiger partial charge is 0.378 e. The minimum Gasteiger partial charge on any atom is -0.378 e. The molecule has 0 saturated carbocycles. The van der Waals surface area contributed by atoms with Gasteiger partial charge in [0.2, 0.25) is 5.91 Å². The summed E-state index contributed by atoms with van der Waals surface area (Å²) in [5, 5.41) is 6.67. The number of methoxy groups -OCH3 is 1. The van der Waals surface area contributed by atoms with Crippen LogP contribution in [-0.2, 0) is 9.53 Å². The molecule has 0 bridgehead atoms. The fourth-order valence-electron chi connectivity index (χ4n) is 4.82. The molecule has 2 fully saturated rings. The molecule has 1 amide bonds. The first-order valence-corrected chi connectivity index (χ1v) is 10.4. The van der Waals surface area contributed by atoms with Gasteiger partial charge in [-0.1, -0.05) is 18.2 Å². The Morgan fingerprint density at radius 2 is 1.89 bits per heavy atom. The van der Waals surface area contributed by atoms with Crippen LogP contribution in [0.4, 0.5) is 5.69 Å². The number of nitrogens with zero attached hydrogens (tertiary/aromatic N) is 2. The molecule has 6 heteroatoms. The molecule has 1 aromatic rings. The van der Waals surface area contributed by atoms with Crippen LogP contribution in [0.25, 0.3) is 0 Å². The molecule has 0 spiro atoms. The Bertz CT molecular complexity index is 663. The predicted octanol–water partition coefficient (Wildman–Crippen LogP) is 2.02. The SMILES string of the molecule is CO[C@H]1CNCC[C@H]1N1CCC(C(=O)Nc2c(C)cccc2C)(N(C)C)CC1. The van der Waals surface area contributed by atoms with Gasteiger partial charge in [-0.25, -0.2) is 0 Å². The number of anilines is 1. The summed E-state index contributed by atoms with van der Waals surface area (Å²) in [5.74, 6) is 0.114. The molecule has 1 aromatic carbocycles. The maximum absolute atomic E-state index is 13.4. The highest BCUT2D eigenvalue weighted by Gasteiger charge is 2.45. The number of carbonyl (C=O) groups is 1. The Morgan fingerprint density at radius 3 is 2.46 bits per heavy atom. The highest BCUT2D eigenvalue weighted by atomic mass is 16.5. The Kier molecular flexibility index (Phi) is 6.76. The zero-order chi connectivity index (χ0) is 20.3. The highest BCUT2D eigenvalue weighted by molar-refractivity contribution is 5.99. The van der Waals surface area contributed by atoms with Gasteiger partial charge in [0.05, 0.1) is 6.10 Å². The number of hydrogen-bond acceptors (Lipinski definition) is 5. The normalized spacial score (nSPS) is 25.6. The Labute approximate surface area is 169 Å². The Morgan fingerprint density at radius 1 is 1.25 bits per heavy atom. The molecule has 0 aliphatic carbocycles. The van der Waals surface area contributed by atoms with E-state index >= 15 is 0 Å². The smallest absolute Gasteiger partial charge is 0.244 e. The van der Waals surface area contributed by atoms with Crippen LogP contribution in [0.15, 0.2) is 18.2 Å². The number of amides is 1. The number of para-hydroxylation sites is 1. The number of aryl methyl sites for hydroxylation is 2. The van der Waals surface area contributed by atoms with E-state index in [4.69, 9.17) is 4.74 Å². The number of nitrogens with one attached hydrogen (secondary N) is 2. The van der Waals surface area contributed by atoms with Gasteiger partial charge in [0.1, 0.15) is 5.54 Å². The highest BCUT2D eigenvalue weighted by Crippen LogP contribution is 2.32. The lowest BCUT2D eigenvalue weighted by molar-refractivity contribution is -0.131. The van der Waals surface area contributed by atoms with Crippen molar-refractivity contribution in [3.63, 3.8) is 0 Å². The van der Waals surface area contributed by atoms with E-state index in [1.54, 1.807) is 7.11 Å². The molecule has 0 radical (unpaired) electrons. The third-order valence-corrected chi connectivity index (χ3v) is 6.79. The maximum atomic E-state index is 13.4. The van der Waals surface area contributed by atoms with Crippen molar-refractivity contribution in [3.8, 4) is 0 Å². The van der Waals surface area contributed by atoms with Crippen molar-refractivity contribution in [1.82, 2.24) is 15.1 Å². The zero-order valence-corrected chi connectivity index (χ0v) is 18.0. The van der Waals surface area contributed by atoms with E-state index in [0.717, 1.165) is 62.3 Å². The molecule has 156 valence electrons. The molecule has 2 atom stereocenters. The molecule has 28 heavy (non-hydrogen) atoms. The number of rotatable bonds is 5. The molecule has 3 rings (SSSR count). The van der Waals surface area contributed by atoms with E-state index in [1.807, 2.05) is 20.2 Å². The van der Waals surface area contributed by atoms with Gasteiger partial charge in [-0.2, -0.15) is 0 Å². The van der Waals surface area contributed by atoms with Crippen LogP contribution in [0.5, 0.6) is 0 Å². The fraction of sp³-hybridized carbons (Fsp3) is 0.682. The molecular weight excluding hydrogens is 352 g/mol. The standard InChI is InChI=1S/C22H36N4O2/c1-16-7-6-8-17(2)20(16)24-21(27)22(25(3)4)10-13-26(14-11-22)18-9-12-23-15-19(18)28-5/h6-8,18-19,23H,9-15H2,1-5H3,(H,24,27)/t18-,19+/m1/s1. The second-order valence-corrected chi connectivity index (χ2v) is 8.52. The van der Waals surface area contributed by atoms with Gasteiger partial charge in [0, 0.05) is 38.5 Å². The predicted molar refractivity (Wildman–Crippen MR) is 114 cm³/mol. The summed E-state index contributed by atoms with van der Waals surface area (Å²) < 4.78 is 5.72. The number of benzene rings is 1. The van der Waals surface area contributed by atoms with Gasteiger partial charge >= 0.3 is 0 Å². The molecule has 2 aliphatic rings. The van der Waals surface area contributed by atoms with Crippen LogP contribution in [0.2, 0.25) is 0 Å². The fourth-order valence-corrected chi connectivity index (χ4v) is 4.82. The summed E-state index contributed by atoms with van der Waals surface area (Å²) in [5.41, 5.74) is 2.70. The van der Waals surface area contributed by atoms with Crippen molar-refractivity contribution >= 4 is 11.6 Å². The van der Waals surface area contributed by atoms with Crippen LogP contribution in [0, 0.1) is 13.8 Å². The first-order chi connectivity index (χ1) is 13.4. The molecule has 2 aliphatic heterocycles. The van der Waals surface area contributed by atoms with Crippen LogP contribution in [0.3, 0.4) is 0 Å². The Hall–Kier alpha value is -1.47. The van der Waals surface area contributed by atoms with Crippen LogP contribution in [-0.4, -0.2) is 80.8 Å². The number of likely N-dealkylation sites (tertiary alicyclic amines) is 1. The van der Waals surface area contributed by atoms with Gasteiger partial charge in [0.15, 0.2) is 0 Å². The minimum absolute atomic E-state index is 0.114. The number of hydrogen-bond donors (Lipinski definition) is 2. The second kappa shape index (κ2) is 8.91. The van der Waals surface area contributed by atoms with Crippen LogP contribution >= 0.6 is 0 Å². The molecular formula is C22H36N4O2. The van der Waals surface area contributed by atoms with Crippen molar-refractivity contribution in [2.75, 3.05) is 52.7 Å². The molecule has 0 aromatic heterocycles. The van der Waals surface area contributed by atoms with Crippen molar-refractivity contribution in [1.29, 1.82) is 0 Å². The Balaban J connectivity index is 1.73. The summed E-state index contributed by atoms with van der Waals surface area (Å²) in [7, 11) is 5.86. The lowest BCUT2D eigenvalue weighted by Gasteiger charge is -2.48. The average Bonchev–Trinajstić information content (AvgIpc) is 2.70. The number of carbonyl (C=O) groups excluding carboxylic acids is 1. The van der Waals surface area contributed by atoms with Gasteiger partial charge in [-0.15, -0.1) is 0 Å². The van der Waals surface area contributed by atoms with Crippen molar-refractivity contribution in [3.05, 3.63) is 29.3 Å². The number of ether oxygens (including phenoxy) is 1. The van der Waals surface area contributed by atoms with Gasteiger partial charge < -0.3 is 15.4 Å². The quantitative estimate of drug-likeness (QED) is 0.808. The van der Waals surface area contributed by atoms with E-state index in [9.17, 15) is 4.79 Å². The van der Waals surface area contributed by atoms with Crippen molar-refractivity contribution < 1.29 is 9.53 Å². The minimum atomic E-state index is -0.472. The number of piperidine rings is 2. The van der Waals surface area contributed by atoms with Gasteiger partial charge in [-0.3, -0.25) is 14.6 Å². The van der Waals surface area contributed by atoms with Crippen LogP contribution < -0.4 is 10.6 Å². The number of likely N-dealkylation sites (N-methyl/N-ethyl adjacent to an activating group) is 1. The molecule has 2 heterocycles. The third-order valence-electron chi connectivity index (χ3n) is 6.79. The van der Waals surface area contributed by atoms with Crippen molar-refractivity contribution in [2.24, 2.45) is 0 Å². The van der Waals surface area contributed by atoms with Crippen molar-refractivity contribution in [2.45, 2.75) is 50.8 Å². The zero-order valence-electron chi connectivity index (χ0n) is 18.0. The third kappa shape index (κ3) is 4.10. The van der Waals surface area contributed by atoms with E-state index < -0.39 is 5.54 Å². The lowest BCUT2D eigenvalue weighted by atomic mass is 9.83. The topological polar surface area (TPSA) is 56.8 Å². The summed E-state index contributed by atoms with van der Waals surface area (Å²) in [6.07, 6.45) is 2.99. The maximum Gasteiger partial charge on any atom is 0.244 e. The summed E-state index contributed by atoms with van der Waals surface area (Å²) in [4.78, 5) is 18.1. The van der Waals surface area contributed by atoms with E-state index in [1.165, 1.54) is 0 Å². The molecule has 0 unspecified atom stereocenters. The summed E-state index contributed by atoms with van der Waals surface area (Å²) >= 11 is 0. The first-order valence-electron chi connectivity index (χ1n) is 10.4. The summed E-state index contributed by atoms with van der Waals surface area (Å²) in [6, 6.07) is 6.57. The monoisotopic (exact) mass is 388 g/mol.